The van der Waals surface area contributed by atoms with E-state index in [1.54, 1.807) is 12.1 Å². The third kappa shape index (κ3) is 3.17. The number of rotatable bonds is 2. The molecule has 1 aliphatic heterocycles. The highest BCUT2D eigenvalue weighted by Gasteiger charge is 2.17. The summed E-state index contributed by atoms with van der Waals surface area (Å²) in [5.41, 5.74) is 1.07. The molecule has 1 aromatic carbocycles. The third-order valence-electron chi connectivity index (χ3n) is 3.03. The van der Waals surface area contributed by atoms with Gasteiger partial charge in [0.1, 0.15) is 5.82 Å². The molecule has 0 radical (unpaired) electrons. The lowest BCUT2D eigenvalue weighted by atomic mass is 10.1. The standard InChI is InChI=1S/C12H17FN2.ClH/c1-10(15-7-5-14-6-8-15)11-3-2-4-12(13)9-11;/h2-4,9-10,14H,5-8H2,1H3;1H/t10-;/m1./s1. The van der Waals surface area contributed by atoms with Crippen LogP contribution in [0.25, 0.3) is 0 Å². The van der Waals surface area contributed by atoms with Gasteiger partial charge in [-0.3, -0.25) is 4.90 Å². The first-order valence-electron chi connectivity index (χ1n) is 5.47. The molecule has 1 N–H and O–H groups in total. The summed E-state index contributed by atoms with van der Waals surface area (Å²) < 4.78 is 13.1. The summed E-state index contributed by atoms with van der Waals surface area (Å²) in [6, 6.07) is 7.21. The summed E-state index contributed by atoms with van der Waals surface area (Å²) in [6.45, 7) is 6.27. The molecular formula is C12H18ClFN2. The Hall–Kier alpha value is -0.640. The summed E-state index contributed by atoms with van der Waals surface area (Å²) >= 11 is 0. The molecular weight excluding hydrogens is 227 g/mol. The van der Waals surface area contributed by atoms with Crippen LogP contribution in [0.1, 0.15) is 18.5 Å². The minimum absolute atomic E-state index is 0. The highest BCUT2D eigenvalue weighted by Crippen LogP contribution is 2.20. The normalized spacial score (nSPS) is 18.9. The van der Waals surface area contributed by atoms with E-state index >= 15 is 0 Å². The van der Waals surface area contributed by atoms with E-state index < -0.39 is 0 Å². The quantitative estimate of drug-likeness (QED) is 0.858. The summed E-state index contributed by atoms with van der Waals surface area (Å²) in [6.07, 6.45) is 0. The molecule has 0 amide bonds. The van der Waals surface area contributed by atoms with Gasteiger partial charge >= 0.3 is 0 Å². The van der Waals surface area contributed by atoms with Gasteiger partial charge < -0.3 is 5.32 Å². The number of hydrogen-bond donors (Lipinski definition) is 1. The maximum atomic E-state index is 13.1. The van der Waals surface area contributed by atoms with Crippen molar-refractivity contribution in [2.24, 2.45) is 0 Å². The molecule has 1 saturated heterocycles. The van der Waals surface area contributed by atoms with E-state index in [0.717, 1.165) is 31.7 Å². The molecule has 1 aliphatic rings. The number of nitrogens with zero attached hydrogens (tertiary/aromatic N) is 1. The van der Waals surface area contributed by atoms with Crippen molar-refractivity contribution in [1.82, 2.24) is 10.2 Å². The molecule has 0 bridgehead atoms. The highest BCUT2D eigenvalue weighted by atomic mass is 35.5. The van der Waals surface area contributed by atoms with Crippen LogP contribution in [0.15, 0.2) is 24.3 Å². The Bertz CT molecular complexity index is 327. The number of benzene rings is 1. The van der Waals surface area contributed by atoms with Gasteiger partial charge in [0, 0.05) is 32.2 Å². The van der Waals surface area contributed by atoms with Crippen LogP contribution in [0.5, 0.6) is 0 Å². The van der Waals surface area contributed by atoms with E-state index in [1.165, 1.54) is 6.07 Å². The number of hydrogen-bond acceptors (Lipinski definition) is 2. The Morgan fingerprint density at radius 2 is 2.00 bits per heavy atom. The fraction of sp³-hybridized carbons (Fsp3) is 0.500. The van der Waals surface area contributed by atoms with Gasteiger partial charge in [-0.25, -0.2) is 4.39 Å². The fourth-order valence-electron chi connectivity index (χ4n) is 2.05. The summed E-state index contributed by atoms with van der Waals surface area (Å²) in [5.74, 6) is -0.144. The van der Waals surface area contributed by atoms with Crippen LogP contribution >= 0.6 is 12.4 Å². The van der Waals surface area contributed by atoms with Crippen LogP contribution in [-0.4, -0.2) is 31.1 Å². The Kier molecular flexibility index (Phi) is 5.19. The molecule has 0 spiro atoms. The monoisotopic (exact) mass is 244 g/mol. The van der Waals surface area contributed by atoms with Gasteiger partial charge in [-0.05, 0) is 24.6 Å². The maximum Gasteiger partial charge on any atom is 0.123 e. The average Bonchev–Trinajstić information content (AvgIpc) is 2.29. The van der Waals surface area contributed by atoms with Gasteiger partial charge in [0.25, 0.3) is 0 Å². The summed E-state index contributed by atoms with van der Waals surface area (Å²) in [5, 5.41) is 3.32. The molecule has 1 aromatic rings. The van der Waals surface area contributed by atoms with Crippen LogP contribution in [0.2, 0.25) is 0 Å². The zero-order valence-electron chi connectivity index (χ0n) is 9.45. The molecule has 1 atom stereocenters. The lowest BCUT2D eigenvalue weighted by Gasteiger charge is -2.33. The van der Waals surface area contributed by atoms with Crippen LogP contribution in [0.3, 0.4) is 0 Å². The van der Waals surface area contributed by atoms with Crippen molar-refractivity contribution in [1.29, 1.82) is 0 Å². The molecule has 90 valence electrons. The van der Waals surface area contributed by atoms with Crippen LogP contribution in [0, 0.1) is 5.82 Å². The first-order chi connectivity index (χ1) is 7.27. The maximum absolute atomic E-state index is 13.1. The minimum atomic E-state index is -0.144. The van der Waals surface area contributed by atoms with Crippen LogP contribution in [0.4, 0.5) is 4.39 Å². The predicted molar refractivity (Wildman–Crippen MR) is 66.5 cm³/mol. The van der Waals surface area contributed by atoms with E-state index in [2.05, 4.69) is 17.1 Å². The lowest BCUT2D eigenvalue weighted by molar-refractivity contribution is 0.185. The van der Waals surface area contributed by atoms with Crippen molar-refractivity contribution in [2.45, 2.75) is 13.0 Å². The minimum Gasteiger partial charge on any atom is -0.314 e. The smallest absolute Gasteiger partial charge is 0.123 e. The molecule has 2 rings (SSSR count). The predicted octanol–water partition coefficient (Wildman–Crippen LogP) is 2.21. The Balaban J connectivity index is 0.00000128. The Morgan fingerprint density at radius 3 is 2.62 bits per heavy atom. The molecule has 16 heavy (non-hydrogen) atoms. The molecule has 1 heterocycles. The summed E-state index contributed by atoms with van der Waals surface area (Å²) in [4.78, 5) is 2.38. The van der Waals surface area contributed by atoms with Crippen LogP contribution < -0.4 is 5.32 Å². The van der Waals surface area contributed by atoms with E-state index in [0.29, 0.717) is 6.04 Å². The van der Waals surface area contributed by atoms with E-state index in [9.17, 15) is 4.39 Å². The summed E-state index contributed by atoms with van der Waals surface area (Å²) in [7, 11) is 0. The van der Waals surface area contributed by atoms with Crippen molar-refractivity contribution in [3.63, 3.8) is 0 Å². The highest BCUT2D eigenvalue weighted by molar-refractivity contribution is 5.85. The van der Waals surface area contributed by atoms with Crippen molar-refractivity contribution in [3.8, 4) is 0 Å². The second-order valence-electron chi connectivity index (χ2n) is 4.02. The van der Waals surface area contributed by atoms with Gasteiger partial charge in [-0.1, -0.05) is 12.1 Å². The van der Waals surface area contributed by atoms with Gasteiger partial charge in [0.05, 0.1) is 0 Å². The number of piperazine rings is 1. The topological polar surface area (TPSA) is 15.3 Å². The zero-order valence-corrected chi connectivity index (χ0v) is 10.3. The van der Waals surface area contributed by atoms with Gasteiger partial charge in [-0.2, -0.15) is 0 Å². The molecule has 0 unspecified atom stereocenters. The van der Waals surface area contributed by atoms with Crippen molar-refractivity contribution >= 4 is 12.4 Å². The zero-order chi connectivity index (χ0) is 10.7. The number of halogens is 2. The molecule has 0 aromatic heterocycles. The van der Waals surface area contributed by atoms with Crippen molar-refractivity contribution in [3.05, 3.63) is 35.6 Å². The molecule has 2 nitrogen and oxygen atoms in total. The van der Waals surface area contributed by atoms with Crippen molar-refractivity contribution in [2.75, 3.05) is 26.2 Å². The lowest BCUT2D eigenvalue weighted by Crippen LogP contribution is -2.44. The molecule has 0 saturated carbocycles. The Morgan fingerprint density at radius 1 is 1.31 bits per heavy atom. The first-order valence-corrected chi connectivity index (χ1v) is 5.47. The Labute approximate surface area is 102 Å². The van der Waals surface area contributed by atoms with E-state index in [-0.39, 0.29) is 18.2 Å². The average molecular weight is 245 g/mol. The van der Waals surface area contributed by atoms with Gasteiger partial charge in [0.2, 0.25) is 0 Å². The third-order valence-corrected chi connectivity index (χ3v) is 3.03. The van der Waals surface area contributed by atoms with Gasteiger partial charge in [-0.15, -0.1) is 12.4 Å². The van der Waals surface area contributed by atoms with E-state index in [1.807, 2.05) is 6.07 Å². The fourth-order valence-corrected chi connectivity index (χ4v) is 2.05. The first kappa shape index (κ1) is 13.4. The van der Waals surface area contributed by atoms with Crippen LogP contribution in [-0.2, 0) is 0 Å². The van der Waals surface area contributed by atoms with Crippen molar-refractivity contribution < 1.29 is 4.39 Å². The largest absolute Gasteiger partial charge is 0.314 e. The SMILES string of the molecule is C[C@H](c1cccc(F)c1)N1CCNCC1.Cl. The second-order valence-corrected chi connectivity index (χ2v) is 4.02. The number of nitrogens with one attached hydrogen (secondary N) is 1. The van der Waals surface area contributed by atoms with Gasteiger partial charge in [0.15, 0.2) is 0 Å². The second kappa shape index (κ2) is 6.18. The van der Waals surface area contributed by atoms with E-state index in [4.69, 9.17) is 0 Å². The molecule has 1 fully saturated rings. The molecule has 0 aliphatic carbocycles. The molecule has 4 heteroatoms.